The van der Waals surface area contributed by atoms with Crippen molar-refractivity contribution >= 4 is 40.0 Å². The molecule has 1 aromatic heterocycles. The number of nitrogen functional groups attached to an aromatic ring is 1. The van der Waals surface area contributed by atoms with Crippen molar-refractivity contribution in [1.29, 1.82) is 0 Å². The standard InChI is InChI=1S/C13H8Cl2N2O/c14-8-2-1-3-9(15)12(8)13-17-10-5-4-7(16)6-11(10)18-13/h1-6H,16H2. The maximum atomic E-state index is 6.11. The molecule has 0 radical (unpaired) electrons. The predicted octanol–water partition coefficient (Wildman–Crippen LogP) is 4.38. The van der Waals surface area contributed by atoms with E-state index in [4.69, 9.17) is 33.4 Å². The Labute approximate surface area is 113 Å². The van der Waals surface area contributed by atoms with Gasteiger partial charge in [-0.3, -0.25) is 0 Å². The van der Waals surface area contributed by atoms with Gasteiger partial charge in [-0.05, 0) is 24.3 Å². The molecule has 0 unspecified atom stereocenters. The molecule has 0 aliphatic carbocycles. The molecule has 2 aromatic carbocycles. The minimum Gasteiger partial charge on any atom is -0.436 e. The number of rotatable bonds is 1. The normalized spacial score (nSPS) is 11.0. The molecule has 5 heteroatoms. The molecule has 0 aliphatic heterocycles. The molecule has 0 atom stereocenters. The van der Waals surface area contributed by atoms with Gasteiger partial charge in [-0.25, -0.2) is 4.98 Å². The van der Waals surface area contributed by atoms with Crippen LogP contribution in [0.1, 0.15) is 0 Å². The third-order valence-corrected chi connectivity index (χ3v) is 3.22. The second-order valence-electron chi connectivity index (χ2n) is 3.84. The predicted molar refractivity (Wildman–Crippen MR) is 73.9 cm³/mol. The van der Waals surface area contributed by atoms with E-state index in [1.54, 1.807) is 36.4 Å². The van der Waals surface area contributed by atoms with Gasteiger partial charge in [-0.15, -0.1) is 0 Å². The lowest BCUT2D eigenvalue weighted by Crippen LogP contribution is -1.81. The number of aromatic nitrogens is 1. The summed E-state index contributed by atoms with van der Waals surface area (Å²) in [6.45, 7) is 0. The van der Waals surface area contributed by atoms with Crippen molar-refractivity contribution in [3.05, 3.63) is 46.4 Å². The number of fused-ring (bicyclic) bond motifs is 1. The van der Waals surface area contributed by atoms with Gasteiger partial charge in [-0.2, -0.15) is 0 Å². The zero-order valence-corrected chi connectivity index (χ0v) is 10.7. The minimum atomic E-state index is 0.395. The van der Waals surface area contributed by atoms with Crippen molar-refractivity contribution in [2.24, 2.45) is 0 Å². The quantitative estimate of drug-likeness (QED) is 0.672. The summed E-state index contributed by atoms with van der Waals surface area (Å²) < 4.78 is 5.64. The van der Waals surface area contributed by atoms with Gasteiger partial charge in [0.25, 0.3) is 0 Å². The van der Waals surface area contributed by atoms with Gasteiger partial charge in [0.2, 0.25) is 5.89 Å². The van der Waals surface area contributed by atoms with Gasteiger partial charge in [0.1, 0.15) is 5.52 Å². The number of nitrogens with two attached hydrogens (primary N) is 1. The van der Waals surface area contributed by atoms with Crippen LogP contribution in [0, 0.1) is 0 Å². The lowest BCUT2D eigenvalue weighted by molar-refractivity contribution is 0.620. The second-order valence-corrected chi connectivity index (χ2v) is 4.66. The van der Waals surface area contributed by atoms with Crippen LogP contribution in [0.3, 0.4) is 0 Å². The highest BCUT2D eigenvalue weighted by atomic mass is 35.5. The van der Waals surface area contributed by atoms with E-state index in [2.05, 4.69) is 4.98 Å². The van der Waals surface area contributed by atoms with Crippen LogP contribution in [0.25, 0.3) is 22.6 Å². The van der Waals surface area contributed by atoms with Crippen LogP contribution in [0.15, 0.2) is 40.8 Å². The highest BCUT2D eigenvalue weighted by Gasteiger charge is 2.14. The Hall–Kier alpha value is -1.71. The molecular weight excluding hydrogens is 271 g/mol. The van der Waals surface area contributed by atoms with Crippen LogP contribution in [-0.2, 0) is 0 Å². The van der Waals surface area contributed by atoms with Crippen LogP contribution >= 0.6 is 23.2 Å². The SMILES string of the molecule is Nc1ccc2nc(-c3c(Cl)cccc3Cl)oc2c1. The summed E-state index contributed by atoms with van der Waals surface area (Å²) in [7, 11) is 0. The summed E-state index contributed by atoms with van der Waals surface area (Å²) in [5, 5.41) is 1.00. The third kappa shape index (κ3) is 1.82. The van der Waals surface area contributed by atoms with E-state index >= 15 is 0 Å². The Morgan fingerprint density at radius 2 is 1.78 bits per heavy atom. The molecule has 0 saturated heterocycles. The Kier molecular flexibility index (Phi) is 2.65. The van der Waals surface area contributed by atoms with E-state index < -0.39 is 0 Å². The summed E-state index contributed by atoms with van der Waals surface area (Å²) in [5.74, 6) is 0.395. The fraction of sp³-hybridized carbons (Fsp3) is 0. The molecule has 0 saturated carbocycles. The topological polar surface area (TPSA) is 52.0 Å². The summed E-state index contributed by atoms with van der Waals surface area (Å²) in [6, 6.07) is 10.5. The van der Waals surface area contributed by atoms with Crippen molar-refractivity contribution in [3.63, 3.8) is 0 Å². The number of hydrogen-bond acceptors (Lipinski definition) is 3. The smallest absolute Gasteiger partial charge is 0.230 e. The Morgan fingerprint density at radius 1 is 1.06 bits per heavy atom. The molecule has 0 amide bonds. The molecule has 18 heavy (non-hydrogen) atoms. The maximum Gasteiger partial charge on any atom is 0.230 e. The highest BCUT2D eigenvalue weighted by molar-refractivity contribution is 6.38. The number of halogens is 2. The average Bonchev–Trinajstić information content (AvgIpc) is 2.71. The van der Waals surface area contributed by atoms with Crippen LogP contribution < -0.4 is 5.73 Å². The van der Waals surface area contributed by atoms with E-state index in [1.165, 1.54) is 0 Å². The van der Waals surface area contributed by atoms with E-state index in [0.29, 0.717) is 32.8 Å². The molecule has 90 valence electrons. The van der Waals surface area contributed by atoms with Crippen molar-refractivity contribution < 1.29 is 4.42 Å². The molecule has 0 bridgehead atoms. The fourth-order valence-electron chi connectivity index (χ4n) is 1.75. The molecule has 0 spiro atoms. The summed E-state index contributed by atoms with van der Waals surface area (Å²) in [6.07, 6.45) is 0. The van der Waals surface area contributed by atoms with E-state index in [9.17, 15) is 0 Å². The molecule has 0 fully saturated rings. The molecule has 3 nitrogen and oxygen atoms in total. The number of oxazole rings is 1. The Bertz CT molecular complexity index is 717. The van der Waals surface area contributed by atoms with Gasteiger partial charge < -0.3 is 10.2 Å². The van der Waals surface area contributed by atoms with Crippen molar-refractivity contribution in [2.75, 3.05) is 5.73 Å². The van der Waals surface area contributed by atoms with Gasteiger partial charge in [0.15, 0.2) is 5.58 Å². The number of nitrogens with zero attached hydrogens (tertiary/aromatic N) is 1. The van der Waals surface area contributed by atoms with Crippen LogP contribution in [0.4, 0.5) is 5.69 Å². The zero-order chi connectivity index (χ0) is 12.7. The fourth-order valence-corrected chi connectivity index (χ4v) is 2.31. The van der Waals surface area contributed by atoms with Crippen LogP contribution in [-0.4, -0.2) is 4.98 Å². The van der Waals surface area contributed by atoms with Gasteiger partial charge in [0.05, 0.1) is 15.6 Å². The third-order valence-electron chi connectivity index (χ3n) is 2.59. The summed E-state index contributed by atoms with van der Waals surface area (Å²) in [4.78, 5) is 4.35. The first-order valence-corrected chi connectivity index (χ1v) is 6.01. The number of benzene rings is 2. The van der Waals surface area contributed by atoms with Crippen LogP contribution in [0.2, 0.25) is 10.0 Å². The molecule has 3 rings (SSSR count). The van der Waals surface area contributed by atoms with Crippen LogP contribution in [0.5, 0.6) is 0 Å². The first-order valence-electron chi connectivity index (χ1n) is 5.25. The lowest BCUT2D eigenvalue weighted by atomic mass is 10.2. The molecule has 3 aromatic rings. The molecule has 0 aliphatic rings. The summed E-state index contributed by atoms with van der Waals surface area (Å²) >= 11 is 12.2. The lowest BCUT2D eigenvalue weighted by Gasteiger charge is -2.01. The second kappa shape index (κ2) is 4.19. The number of hydrogen-bond donors (Lipinski definition) is 1. The Balaban J connectivity index is 2.26. The van der Waals surface area contributed by atoms with Gasteiger partial charge in [-0.1, -0.05) is 29.3 Å². The summed E-state index contributed by atoms with van der Waals surface area (Å²) in [5.41, 5.74) is 8.24. The molecule has 2 N–H and O–H groups in total. The zero-order valence-electron chi connectivity index (χ0n) is 9.15. The van der Waals surface area contributed by atoms with E-state index in [0.717, 1.165) is 5.52 Å². The first kappa shape index (κ1) is 11.4. The monoisotopic (exact) mass is 278 g/mol. The Morgan fingerprint density at radius 3 is 2.50 bits per heavy atom. The van der Waals surface area contributed by atoms with Crippen molar-refractivity contribution in [1.82, 2.24) is 4.98 Å². The van der Waals surface area contributed by atoms with E-state index in [-0.39, 0.29) is 0 Å². The average molecular weight is 279 g/mol. The van der Waals surface area contributed by atoms with Crippen molar-refractivity contribution in [2.45, 2.75) is 0 Å². The largest absolute Gasteiger partial charge is 0.436 e. The first-order chi connectivity index (χ1) is 8.65. The molecule has 1 heterocycles. The van der Waals surface area contributed by atoms with Gasteiger partial charge >= 0.3 is 0 Å². The highest BCUT2D eigenvalue weighted by Crippen LogP contribution is 2.35. The number of anilines is 1. The molecular formula is C13H8Cl2N2O. The minimum absolute atomic E-state index is 0.395. The van der Waals surface area contributed by atoms with Gasteiger partial charge in [0, 0.05) is 11.8 Å². The van der Waals surface area contributed by atoms with E-state index in [1.807, 2.05) is 0 Å². The maximum absolute atomic E-state index is 6.11. The van der Waals surface area contributed by atoms with Crippen molar-refractivity contribution in [3.8, 4) is 11.5 Å².